The fourth-order valence-electron chi connectivity index (χ4n) is 3.74. The van der Waals surface area contributed by atoms with Gasteiger partial charge in [0, 0.05) is 34.9 Å². The van der Waals surface area contributed by atoms with Gasteiger partial charge in [-0.05, 0) is 67.1 Å². The summed E-state index contributed by atoms with van der Waals surface area (Å²) >= 11 is 1.63. The third kappa shape index (κ3) is 4.91. The van der Waals surface area contributed by atoms with E-state index in [0.29, 0.717) is 18.7 Å². The van der Waals surface area contributed by atoms with Crippen molar-refractivity contribution in [3.8, 4) is 0 Å². The number of nitrogens with zero attached hydrogens (tertiary/aromatic N) is 1. The molecule has 0 fully saturated rings. The van der Waals surface area contributed by atoms with Gasteiger partial charge >= 0.3 is 6.03 Å². The minimum Gasteiger partial charge on any atom is -0.334 e. The van der Waals surface area contributed by atoms with Crippen LogP contribution in [0.2, 0.25) is 0 Å². The number of fused-ring (bicyclic) bond motifs is 1. The van der Waals surface area contributed by atoms with E-state index in [1.54, 1.807) is 11.8 Å². The van der Waals surface area contributed by atoms with Crippen LogP contribution in [0.5, 0.6) is 0 Å². The Hall–Kier alpha value is -3.25. The van der Waals surface area contributed by atoms with Crippen molar-refractivity contribution < 1.29 is 9.59 Å². The monoisotopic (exact) mass is 431 g/mol. The van der Waals surface area contributed by atoms with Crippen molar-refractivity contribution >= 4 is 35.1 Å². The maximum atomic E-state index is 13.0. The number of amides is 3. The van der Waals surface area contributed by atoms with Crippen molar-refractivity contribution in [1.29, 1.82) is 0 Å². The van der Waals surface area contributed by atoms with Crippen LogP contribution in [0.1, 0.15) is 27.0 Å². The van der Waals surface area contributed by atoms with Crippen molar-refractivity contribution in [1.82, 2.24) is 5.32 Å². The summed E-state index contributed by atoms with van der Waals surface area (Å²) in [7, 11) is 0. The summed E-state index contributed by atoms with van der Waals surface area (Å²) in [5.41, 5.74) is 5.56. The highest BCUT2D eigenvalue weighted by atomic mass is 32.2. The van der Waals surface area contributed by atoms with Crippen molar-refractivity contribution in [2.75, 3.05) is 23.0 Å². The molecule has 0 bridgehead atoms. The third-order valence-corrected chi connectivity index (χ3v) is 6.06. The number of benzene rings is 3. The molecule has 2 N–H and O–H groups in total. The van der Waals surface area contributed by atoms with Crippen LogP contribution in [0.3, 0.4) is 0 Å². The zero-order valence-electron chi connectivity index (χ0n) is 17.6. The number of hydrogen-bond donors (Lipinski definition) is 2. The summed E-state index contributed by atoms with van der Waals surface area (Å²) in [5.74, 6) is 0.0129. The Morgan fingerprint density at radius 2 is 1.87 bits per heavy atom. The summed E-state index contributed by atoms with van der Waals surface area (Å²) in [5, 5.41) is 5.76. The molecule has 1 aliphatic heterocycles. The highest BCUT2D eigenvalue weighted by Crippen LogP contribution is 2.30. The Labute approximate surface area is 186 Å². The summed E-state index contributed by atoms with van der Waals surface area (Å²) in [4.78, 5) is 28.3. The molecule has 5 nitrogen and oxygen atoms in total. The first-order chi connectivity index (χ1) is 15.0. The van der Waals surface area contributed by atoms with Gasteiger partial charge in [0.15, 0.2) is 0 Å². The van der Waals surface area contributed by atoms with Crippen molar-refractivity contribution in [3.63, 3.8) is 0 Å². The molecule has 0 saturated heterocycles. The molecular weight excluding hydrogens is 406 g/mol. The fourth-order valence-corrected chi connectivity index (χ4v) is 4.20. The zero-order chi connectivity index (χ0) is 21.8. The van der Waals surface area contributed by atoms with Gasteiger partial charge in [0.05, 0.1) is 0 Å². The van der Waals surface area contributed by atoms with Crippen molar-refractivity contribution in [3.05, 3.63) is 89.0 Å². The average Bonchev–Trinajstić information content (AvgIpc) is 3.20. The molecular formula is C25H25N3O2S. The first kappa shape index (κ1) is 21.0. The van der Waals surface area contributed by atoms with Gasteiger partial charge in [0.25, 0.3) is 5.91 Å². The SMILES string of the molecule is CSc1cccc(NC(=O)NCc2ccc3c(c2)N(C(=O)c2cccc(C)c2)CC3)c1. The predicted octanol–water partition coefficient (Wildman–Crippen LogP) is 5.24. The molecule has 0 radical (unpaired) electrons. The van der Waals surface area contributed by atoms with Crippen LogP contribution in [0.25, 0.3) is 0 Å². The molecule has 0 aromatic heterocycles. The number of aryl methyl sites for hydroxylation is 1. The molecule has 6 heteroatoms. The molecule has 0 spiro atoms. The number of hydrogen-bond acceptors (Lipinski definition) is 3. The topological polar surface area (TPSA) is 61.4 Å². The molecule has 1 aliphatic rings. The number of rotatable bonds is 5. The minimum absolute atomic E-state index is 0.0129. The van der Waals surface area contributed by atoms with Gasteiger partial charge in [-0.2, -0.15) is 0 Å². The van der Waals surface area contributed by atoms with E-state index >= 15 is 0 Å². The molecule has 3 aromatic rings. The number of urea groups is 1. The Morgan fingerprint density at radius 3 is 2.68 bits per heavy atom. The van der Waals surface area contributed by atoms with Crippen LogP contribution in [0.4, 0.5) is 16.2 Å². The van der Waals surface area contributed by atoms with Crippen molar-refractivity contribution in [2.24, 2.45) is 0 Å². The predicted molar refractivity (Wildman–Crippen MR) is 127 cm³/mol. The van der Waals surface area contributed by atoms with Gasteiger partial charge in [-0.1, -0.05) is 35.9 Å². The summed E-state index contributed by atoms with van der Waals surface area (Å²) in [6, 6.07) is 21.2. The van der Waals surface area contributed by atoms with Crippen LogP contribution in [-0.2, 0) is 13.0 Å². The highest BCUT2D eigenvalue weighted by Gasteiger charge is 2.25. The quantitative estimate of drug-likeness (QED) is 0.543. The van der Waals surface area contributed by atoms with E-state index in [-0.39, 0.29) is 11.9 Å². The second kappa shape index (κ2) is 9.27. The van der Waals surface area contributed by atoms with Gasteiger partial charge in [-0.25, -0.2) is 4.79 Å². The third-order valence-electron chi connectivity index (χ3n) is 5.34. The van der Waals surface area contributed by atoms with Crippen LogP contribution < -0.4 is 15.5 Å². The van der Waals surface area contributed by atoms with E-state index in [1.165, 1.54) is 0 Å². The van der Waals surface area contributed by atoms with E-state index in [0.717, 1.165) is 39.4 Å². The van der Waals surface area contributed by atoms with Gasteiger partial charge in [-0.3, -0.25) is 4.79 Å². The number of carbonyl (C=O) groups excluding carboxylic acids is 2. The summed E-state index contributed by atoms with van der Waals surface area (Å²) < 4.78 is 0. The summed E-state index contributed by atoms with van der Waals surface area (Å²) in [6.07, 6.45) is 2.84. The smallest absolute Gasteiger partial charge is 0.319 e. The van der Waals surface area contributed by atoms with E-state index in [4.69, 9.17) is 0 Å². The first-order valence-electron chi connectivity index (χ1n) is 10.2. The largest absolute Gasteiger partial charge is 0.334 e. The van der Waals surface area contributed by atoms with E-state index in [9.17, 15) is 9.59 Å². The molecule has 3 amide bonds. The zero-order valence-corrected chi connectivity index (χ0v) is 18.5. The maximum Gasteiger partial charge on any atom is 0.319 e. The lowest BCUT2D eigenvalue weighted by Crippen LogP contribution is -2.29. The lowest BCUT2D eigenvalue weighted by atomic mass is 10.1. The molecule has 31 heavy (non-hydrogen) atoms. The molecule has 158 valence electrons. The molecule has 3 aromatic carbocycles. The number of carbonyl (C=O) groups is 2. The first-order valence-corrected chi connectivity index (χ1v) is 11.5. The van der Waals surface area contributed by atoms with Crippen LogP contribution in [-0.4, -0.2) is 24.7 Å². The van der Waals surface area contributed by atoms with Crippen molar-refractivity contribution in [2.45, 2.75) is 24.8 Å². The Morgan fingerprint density at radius 1 is 1.03 bits per heavy atom. The lowest BCUT2D eigenvalue weighted by Gasteiger charge is -2.18. The molecule has 4 rings (SSSR count). The Balaban J connectivity index is 1.42. The molecule has 1 heterocycles. The van der Waals surface area contributed by atoms with E-state index in [1.807, 2.05) is 78.7 Å². The molecule has 0 saturated carbocycles. The summed E-state index contributed by atoms with van der Waals surface area (Å²) in [6.45, 7) is 3.04. The average molecular weight is 432 g/mol. The second-order valence-electron chi connectivity index (χ2n) is 7.58. The molecule has 0 unspecified atom stereocenters. The maximum absolute atomic E-state index is 13.0. The van der Waals surface area contributed by atoms with Gasteiger partial charge in [-0.15, -0.1) is 11.8 Å². The number of anilines is 2. The lowest BCUT2D eigenvalue weighted by molar-refractivity contribution is 0.0989. The van der Waals surface area contributed by atoms with Crippen LogP contribution in [0.15, 0.2) is 71.6 Å². The standard InChI is InChI=1S/C25H25N3O2S/c1-17-5-3-6-20(13-17)24(29)28-12-11-19-10-9-18(14-23(19)28)16-26-25(30)27-21-7-4-8-22(15-21)31-2/h3-10,13-15H,11-12,16H2,1-2H3,(H2,26,27,30). The minimum atomic E-state index is -0.258. The van der Waals surface area contributed by atoms with Crippen LogP contribution >= 0.6 is 11.8 Å². The highest BCUT2D eigenvalue weighted by molar-refractivity contribution is 7.98. The molecule has 0 atom stereocenters. The van der Waals surface area contributed by atoms with Gasteiger partial charge in [0.2, 0.25) is 0 Å². The normalized spacial score (nSPS) is 12.4. The number of thioether (sulfide) groups is 1. The Bertz CT molecular complexity index is 1130. The van der Waals surface area contributed by atoms with Gasteiger partial charge in [0.1, 0.15) is 0 Å². The number of nitrogens with one attached hydrogen (secondary N) is 2. The fraction of sp³-hybridized carbons (Fsp3) is 0.200. The molecule has 0 aliphatic carbocycles. The Kier molecular flexibility index (Phi) is 6.28. The second-order valence-corrected chi connectivity index (χ2v) is 8.46. The van der Waals surface area contributed by atoms with Gasteiger partial charge < -0.3 is 15.5 Å². The van der Waals surface area contributed by atoms with Crippen LogP contribution in [0, 0.1) is 6.92 Å². The van der Waals surface area contributed by atoms with E-state index < -0.39 is 0 Å². The van der Waals surface area contributed by atoms with E-state index in [2.05, 4.69) is 16.7 Å².